The van der Waals surface area contributed by atoms with Crippen LogP contribution in [0.15, 0.2) is 44.9 Å². The van der Waals surface area contributed by atoms with Crippen LogP contribution in [0.4, 0.5) is 5.69 Å². The first-order chi connectivity index (χ1) is 15.2. The second-order valence-corrected chi connectivity index (χ2v) is 9.78. The molecule has 0 spiro atoms. The number of esters is 1. The summed E-state index contributed by atoms with van der Waals surface area (Å²) in [6.45, 7) is 3.03. The highest BCUT2D eigenvalue weighted by Crippen LogP contribution is 2.34. The van der Waals surface area contributed by atoms with Gasteiger partial charge in [0.25, 0.3) is 5.69 Å². The number of aromatic nitrogens is 1. The Labute approximate surface area is 195 Å². The second kappa shape index (κ2) is 10.5. The minimum Gasteiger partial charge on any atom is -0.454 e. The molecule has 0 saturated heterocycles. The largest absolute Gasteiger partial charge is 0.454 e. The van der Waals surface area contributed by atoms with Crippen molar-refractivity contribution in [3.63, 3.8) is 0 Å². The summed E-state index contributed by atoms with van der Waals surface area (Å²) in [6.07, 6.45) is 0. The molecule has 0 aliphatic rings. The van der Waals surface area contributed by atoms with Crippen molar-refractivity contribution in [1.29, 1.82) is 0 Å². The third-order valence-corrected chi connectivity index (χ3v) is 7.23. The van der Waals surface area contributed by atoms with Gasteiger partial charge in [-0.1, -0.05) is 11.8 Å². The topological polar surface area (TPSA) is 128 Å². The van der Waals surface area contributed by atoms with E-state index in [2.05, 4.69) is 10.3 Å². The maximum Gasteiger partial charge on any atom is 0.339 e. The molecular weight excluding hydrogens is 474 g/mol. The third-order valence-electron chi connectivity index (χ3n) is 3.97. The fourth-order valence-electron chi connectivity index (χ4n) is 2.47. The number of ketones is 1. The van der Waals surface area contributed by atoms with E-state index >= 15 is 0 Å². The van der Waals surface area contributed by atoms with Crippen molar-refractivity contribution in [1.82, 2.24) is 10.3 Å². The van der Waals surface area contributed by atoms with E-state index in [1.165, 1.54) is 53.5 Å². The van der Waals surface area contributed by atoms with Crippen LogP contribution in [0.25, 0.3) is 0 Å². The molecule has 12 heteroatoms. The number of hydrogen-bond acceptors (Lipinski definition) is 10. The summed E-state index contributed by atoms with van der Waals surface area (Å²) >= 11 is 3.77. The SMILES string of the molecule is CC(=O)NCc1ccc(C(=O)COC(=O)c2cc([N+](=O)[O-])ccc2Sc2nc(C)cs2)s1. The number of thiophene rings is 1. The fourth-order valence-corrected chi connectivity index (χ4v) is 5.23. The number of benzene rings is 1. The third kappa shape index (κ3) is 6.22. The molecule has 1 aromatic carbocycles. The number of aryl methyl sites for hydroxylation is 1. The zero-order valence-corrected chi connectivity index (χ0v) is 19.4. The van der Waals surface area contributed by atoms with Crippen molar-refractivity contribution in [3.8, 4) is 0 Å². The van der Waals surface area contributed by atoms with Crippen LogP contribution in [-0.2, 0) is 16.1 Å². The number of carbonyl (C=O) groups excluding carboxylic acids is 3. The van der Waals surface area contributed by atoms with E-state index in [9.17, 15) is 24.5 Å². The van der Waals surface area contributed by atoms with Gasteiger partial charge in [0.1, 0.15) is 0 Å². The highest BCUT2D eigenvalue weighted by Gasteiger charge is 2.21. The molecule has 0 radical (unpaired) electrons. The predicted octanol–water partition coefficient (Wildman–Crippen LogP) is 4.25. The average molecular weight is 492 g/mol. The molecule has 3 rings (SSSR count). The number of Topliss-reactive ketones (excluding diaryl/α,β-unsaturated/α-hetero) is 1. The van der Waals surface area contributed by atoms with Crippen LogP contribution in [0.5, 0.6) is 0 Å². The Kier molecular flexibility index (Phi) is 7.72. The number of nitrogens with zero attached hydrogens (tertiary/aromatic N) is 2. The minimum absolute atomic E-state index is 0.0117. The number of nitro benzene ring substituents is 1. The number of thiazole rings is 1. The lowest BCUT2D eigenvalue weighted by atomic mass is 10.2. The average Bonchev–Trinajstić information content (AvgIpc) is 3.39. The molecule has 166 valence electrons. The van der Waals surface area contributed by atoms with E-state index in [4.69, 9.17) is 4.74 Å². The molecule has 1 N–H and O–H groups in total. The molecule has 32 heavy (non-hydrogen) atoms. The molecule has 0 unspecified atom stereocenters. The Morgan fingerprint density at radius 1 is 1.25 bits per heavy atom. The first-order valence-electron chi connectivity index (χ1n) is 9.15. The van der Waals surface area contributed by atoms with Crippen LogP contribution in [0.3, 0.4) is 0 Å². The molecule has 0 bridgehead atoms. The molecule has 9 nitrogen and oxygen atoms in total. The lowest BCUT2D eigenvalue weighted by Crippen LogP contribution is -2.18. The molecular formula is C20H17N3O6S3. The van der Waals surface area contributed by atoms with Crippen molar-refractivity contribution in [2.75, 3.05) is 6.61 Å². The predicted molar refractivity (Wildman–Crippen MR) is 121 cm³/mol. The monoisotopic (exact) mass is 491 g/mol. The number of non-ortho nitro benzene ring substituents is 1. The van der Waals surface area contributed by atoms with E-state index in [0.29, 0.717) is 20.7 Å². The molecule has 0 aliphatic heterocycles. The van der Waals surface area contributed by atoms with Crippen LogP contribution in [-0.4, -0.2) is 34.2 Å². The highest BCUT2D eigenvalue weighted by atomic mass is 32.2. The van der Waals surface area contributed by atoms with Crippen LogP contribution in [0.2, 0.25) is 0 Å². The summed E-state index contributed by atoms with van der Waals surface area (Å²) in [4.78, 5) is 52.6. The van der Waals surface area contributed by atoms with Crippen molar-refractivity contribution >= 4 is 57.8 Å². The van der Waals surface area contributed by atoms with Crippen LogP contribution >= 0.6 is 34.4 Å². The van der Waals surface area contributed by atoms with E-state index < -0.39 is 23.3 Å². The minimum atomic E-state index is -0.840. The van der Waals surface area contributed by atoms with Gasteiger partial charge >= 0.3 is 5.97 Å². The van der Waals surface area contributed by atoms with E-state index in [1.54, 1.807) is 12.1 Å². The standard InChI is InChI=1S/C20H17N3O6S3/c1-11-10-30-20(22-11)32-17-5-3-13(23(27)28)7-15(17)19(26)29-9-16(25)18-6-4-14(31-18)8-21-12(2)24/h3-7,10H,8-9H2,1-2H3,(H,21,24). The molecule has 2 heterocycles. The lowest BCUT2D eigenvalue weighted by Gasteiger charge is -2.08. The molecule has 0 saturated carbocycles. The van der Waals surface area contributed by atoms with Crippen LogP contribution in [0.1, 0.15) is 37.5 Å². The van der Waals surface area contributed by atoms with Crippen molar-refractivity contribution in [3.05, 3.63) is 66.8 Å². The number of carbonyl (C=O) groups is 3. The Morgan fingerprint density at radius 2 is 2.03 bits per heavy atom. The van der Waals surface area contributed by atoms with Crippen molar-refractivity contribution < 1.29 is 24.0 Å². The zero-order valence-electron chi connectivity index (χ0n) is 16.9. The number of ether oxygens (including phenoxy) is 1. The van der Waals surface area contributed by atoms with Crippen molar-refractivity contribution in [2.24, 2.45) is 0 Å². The zero-order chi connectivity index (χ0) is 23.3. The maximum atomic E-state index is 12.7. The number of nitro groups is 1. The van der Waals surface area contributed by atoms with Crippen LogP contribution < -0.4 is 5.32 Å². The summed E-state index contributed by atoms with van der Waals surface area (Å²) in [7, 11) is 0. The first kappa shape index (κ1) is 23.6. The molecule has 0 fully saturated rings. The Balaban J connectivity index is 1.71. The number of nitrogens with one attached hydrogen (secondary N) is 1. The summed E-state index contributed by atoms with van der Waals surface area (Å²) in [5, 5.41) is 15.6. The van der Waals surface area contributed by atoms with Gasteiger partial charge < -0.3 is 10.1 Å². The first-order valence-corrected chi connectivity index (χ1v) is 11.7. The molecule has 0 atom stereocenters. The van der Waals surface area contributed by atoms with Gasteiger partial charge in [0, 0.05) is 39.9 Å². The number of rotatable bonds is 9. The van der Waals surface area contributed by atoms with E-state index in [1.807, 2.05) is 12.3 Å². The van der Waals surface area contributed by atoms with Gasteiger partial charge in [0.2, 0.25) is 11.7 Å². The Morgan fingerprint density at radius 3 is 2.69 bits per heavy atom. The number of hydrogen-bond donors (Lipinski definition) is 1. The van der Waals surface area contributed by atoms with Crippen LogP contribution in [0, 0.1) is 17.0 Å². The fraction of sp³-hybridized carbons (Fsp3) is 0.200. The quantitative estimate of drug-likeness (QED) is 0.204. The summed E-state index contributed by atoms with van der Waals surface area (Å²) < 4.78 is 5.84. The van der Waals surface area contributed by atoms with Crippen molar-refractivity contribution in [2.45, 2.75) is 29.6 Å². The van der Waals surface area contributed by atoms with E-state index in [0.717, 1.165) is 16.6 Å². The molecule has 2 aromatic heterocycles. The normalized spacial score (nSPS) is 10.6. The van der Waals surface area contributed by atoms with Gasteiger partial charge in [0.15, 0.2) is 10.9 Å². The Hall–Kier alpha value is -3.09. The smallest absolute Gasteiger partial charge is 0.339 e. The maximum absolute atomic E-state index is 12.7. The van der Waals surface area contributed by atoms with Gasteiger partial charge in [0.05, 0.1) is 21.9 Å². The van der Waals surface area contributed by atoms with Gasteiger partial charge in [-0.3, -0.25) is 19.7 Å². The number of amides is 1. The molecule has 1 amide bonds. The summed E-state index contributed by atoms with van der Waals surface area (Å²) in [6, 6.07) is 7.20. The molecule has 0 aliphatic carbocycles. The van der Waals surface area contributed by atoms with E-state index in [-0.39, 0.29) is 17.2 Å². The summed E-state index contributed by atoms with van der Waals surface area (Å²) in [5.41, 5.74) is 0.550. The Bertz CT molecular complexity index is 1190. The van der Waals surface area contributed by atoms with Gasteiger partial charge in [-0.15, -0.1) is 22.7 Å². The summed E-state index contributed by atoms with van der Waals surface area (Å²) in [5.74, 6) is -1.43. The van der Waals surface area contributed by atoms with Gasteiger partial charge in [-0.05, 0) is 25.1 Å². The second-order valence-electron chi connectivity index (χ2n) is 6.47. The lowest BCUT2D eigenvalue weighted by molar-refractivity contribution is -0.384. The van der Waals surface area contributed by atoms with Gasteiger partial charge in [-0.25, -0.2) is 9.78 Å². The molecule has 3 aromatic rings. The van der Waals surface area contributed by atoms with Gasteiger partial charge in [-0.2, -0.15) is 0 Å². The highest BCUT2D eigenvalue weighted by molar-refractivity contribution is 8.01.